The summed E-state index contributed by atoms with van der Waals surface area (Å²) in [5.74, 6) is -1.26. The first-order chi connectivity index (χ1) is 9.40. The Morgan fingerprint density at radius 1 is 1.35 bits per heavy atom. The Balaban J connectivity index is 2.11. The molecule has 5 nitrogen and oxygen atoms in total. The first-order valence-electron chi connectivity index (χ1n) is 6.73. The summed E-state index contributed by atoms with van der Waals surface area (Å²) < 4.78 is 0. The highest BCUT2D eigenvalue weighted by Crippen LogP contribution is 2.23. The summed E-state index contributed by atoms with van der Waals surface area (Å²) in [5, 5.41) is 8.99. The Hall–Kier alpha value is -2.04. The minimum Gasteiger partial charge on any atom is -0.481 e. The van der Waals surface area contributed by atoms with E-state index < -0.39 is 11.9 Å². The van der Waals surface area contributed by atoms with Crippen molar-refractivity contribution in [2.24, 2.45) is 5.92 Å². The molecule has 20 heavy (non-hydrogen) atoms. The van der Waals surface area contributed by atoms with Crippen LogP contribution in [0.5, 0.6) is 0 Å². The van der Waals surface area contributed by atoms with E-state index in [9.17, 15) is 9.59 Å². The molecular formula is C15H20N2O3. The number of carboxylic acid groups (broad SMARTS) is 1. The molecule has 1 N–H and O–H groups in total. The summed E-state index contributed by atoms with van der Waals surface area (Å²) >= 11 is 0. The van der Waals surface area contributed by atoms with Gasteiger partial charge in [0.15, 0.2) is 0 Å². The Morgan fingerprint density at radius 2 is 2.05 bits per heavy atom. The van der Waals surface area contributed by atoms with Gasteiger partial charge in [0.1, 0.15) is 0 Å². The number of aryl methyl sites for hydroxylation is 2. The van der Waals surface area contributed by atoms with Gasteiger partial charge in [-0.1, -0.05) is 17.7 Å². The summed E-state index contributed by atoms with van der Waals surface area (Å²) in [4.78, 5) is 26.6. The largest absolute Gasteiger partial charge is 0.481 e. The number of carbonyl (C=O) groups is 2. The zero-order valence-corrected chi connectivity index (χ0v) is 12.1. The Morgan fingerprint density at radius 3 is 2.60 bits per heavy atom. The molecule has 1 fully saturated rings. The zero-order valence-electron chi connectivity index (χ0n) is 12.1. The molecule has 0 saturated carbocycles. The zero-order chi connectivity index (χ0) is 14.9. The summed E-state index contributed by atoms with van der Waals surface area (Å²) in [7, 11) is 1.73. The van der Waals surface area contributed by atoms with Crippen molar-refractivity contribution in [1.82, 2.24) is 4.90 Å². The Kier molecular flexibility index (Phi) is 3.97. The van der Waals surface area contributed by atoms with Gasteiger partial charge in [0, 0.05) is 25.8 Å². The van der Waals surface area contributed by atoms with Crippen LogP contribution in [0.2, 0.25) is 0 Å². The number of amides is 2. The predicted octanol–water partition coefficient (Wildman–Crippen LogP) is 2.27. The Bertz CT molecular complexity index is 542. The number of urea groups is 1. The molecule has 1 aliphatic rings. The number of carbonyl (C=O) groups excluding carboxylic acids is 1. The molecule has 108 valence electrons. The molecule has 1 heterocycles. The molecule has 1 saturated heterocycles. The van der Waals surface area contributed by atoms with Gasteiger partial charge in [0.05, 0.1) is 5.92 Å². The minimum absolute atomic E-state index is 0.138. The quantitative estimate of drug-likeness (QED) is 0.901. The molecule has 0 spiro atoms. The number of hydrogen-bond acceptors (Lipinski definition) is 2. The van der Waals surface area contributed by atoms with Crippen LogP contribution in [-0.4, -0.2) is 42.1 Å². The smallest absolute Gasteiger partial charge is 0.324 e. The van der Waals surface area contributed by atoms with E-state index in [2.05, 4.69) is 0 Å². The van der Waals surface area contributed by atoms with E-state index in [4.69, 9.17) is 5.11 Å². The second kappa shape index (κ2) is 5.53. The van der Waals surface area contributed by atoms with Crippen LogP contribution in [0.1, 0.15) is 17.5 Å². The van der Waals surface area contributed by atoms with Crippen LogP contribution in [0.4, 0.5) is 10.5 Å². The van der Waals surface area contributed by atoms with Crippen molar-refractivity contribution in [1.29, 1.82) is 0 Å². The van der Waals surface area contributed by atoms with Gasteiger partial charge in [-0.3, -0.25) is 9.69 Å². The van der Waals surface area contributed by atoms with Crippen LogP contribution in [-0.2, 0) is 4.79 Å². The third kappa shape index (κ3) is 2.76. The standard InChI is InChI=1S/C15H20N2O3/c1-10-4-5-13(11(2)8-10)16(3)15(20)17-7-6-12(9-17)14(18)19/h4-5,8,12H,6-7,9H2,1-3H3,(H,18,19). The molecule has 1 aromatic rings. The van der Waals surface area contributed by atoms with E-state index in [1.165, 1.54) is 0 Å². The van der Waals surface area contributed by atoms with E-state index >= 15 is 0 Å². The fourth-order valence-corrected chi connectivity index (χ4v) is 2.63. The van der Waals surface area contributed by atoms with E-state index in [-0.39, 0.29) is 6.03 Å². The lowest BCUT2D eigenvalue weighted by Crippen LogP contribution is -2.40. The van der Waals surface area contributed by atoms with Gasteiger partial charge in [-0.2, -0.15) is 0 Å². The van der Waals surface area contributed by atoms with Crippen molar-refractivity contribution in [2.45, 2.75) is 20.3 Å². The van der Waals surface area contributed by atoms with E-state index in [0.29, 0.717) is 19.5 Å². The summed E-state index contributed by atoms with van der Waals surface area (Å²) in [6, 6.07) is 5.78. The Labute approximate surface area is 118 Å². The van der Waals surface area contributed by atoms with Crippen LogP contribution in [0.15, 0.2) is 18.2 Å². The van der Waals surface area contributed by atoms with Crippen LogP contribution in [0.3, 0.4) is 0 Å². The van der Waals surface area contributed by atoms with Crippen molar-refractivity contribution in [3.05, 3.63) is 29.3 Å². The molecule has 0 aromatic heterocycles. The van der Waals surface area contributed by atoms with E-state index in [1.807, 2.05) is 32.0 Å². The number of aliphatic carboxylic acids is 1. The number of rotatable bonds is 2. The molecule has 1 unspecified atom stereocenters. The molecule has 2 rings (SSSR count). The van der Waals surface area contributed by atoms with Gasteiger partial charge in [0.25, 0.3) is 0 Å². The molecule has 5 heteroatoms. The summed E-state index contributed by atoms with van der Waals surface area (Å²) in [6.07, 6.45) is 0.530. The minimum atomic E-state index is -0.825. The van der Waals surface area contributed by atoms with Gasteiger partial charge >= 0.3 is 12.0 Å². The fraction of sp³-hybridized carbons (Fsp3) is 0.467. The average Bonchev–Trinajstić information content (AvgIpc) is 2.87. The third-order valence-electron chi connectivity index (χ3n) is 3.81. The van der Waals surface area contributed by atoms with Crippen molar-refractivity contribution in [2.75, 3.05) is 25.0 Å². The van der Waals surface area contributed by atoms with Crippen molar-refractivity contribution in [3.63, 3.8) is 0 Å². The fourth-order valence-electron chi connectivity index (χ4n) is 2.63. The first kappa shape index (κ1) is 14.4. The highest BCUT2D eigenvalue weighted by atomic mass is 16.4. The summed E-state index contributed by atoms with van der Waals surface area (Å²) in [5.41, 5.74) is 3.05. The number of nitrogens with zero attached hydrogens (tertiary/aromatic N) is 2. The van der Waals surface area contributed by atoms with Crippen LogP contribution in [0, 0.1) is 19.8 Å². The molecular weight excluding hydrogens is 256 g/mol. The highest BCUT2D eigenvalue weighted by molar-refractivity contribution is 5.92. The number of likely N-dealkylation sites (tertiary alicyclic amines) is 1. The second-order valence-electron chi connectivity index (χ2n) is 5.40. The van der Waals surface area contributed by atoms with Crippen LogP contribution < -0.4 is 4.90 Å². The highest BCUT2D eigenvalue weighted by Gasteiger charge is 2.32. The molecule has 0 radical (unpaired) electrons. The number of anilines is 1. The lowest BCUT2D eigenvalue weighted by atomic mass is 10.1. The monoisotopic (exact) mass is 276 g/mol. The summed E-state index contributed by atoms with van der Waals surface area (Å²) in [6.45, 7) is 4.78. The van der Waals surface area contributed by atoms with Gasteiger partial charge < -0.3 is 10.0 Å². The first-order valence-corrected chi connectivity index (χ1v) is 6.73. The normalized spacial score (nSPS) is 18.1. The maximum Gasteiger partial charge on any atom is 0.324 e. The van der Waals surface area contributed by atoms with Crippen molar-refractivity contribution in [3.8, 4) is 0 Å². The molecule has 1 atom stereocenters. The van der Waals surface area contributed by atoms with Gasteiger partial charge in [-0.05, 0) is 31.9 Å². The number of benzene rings is 1. The number of hydrogen-bond donors (Lipinski definition) is 1. The SMILES string of the molecule is Cc1ccc(N(C)C(=O)N2CCC(C(=O)O)C2)c(C)c1. The molecule has 1 aromatic carbocycles. The second-order valence-corrected chi connectivity index (χ2v) is 5.40. The van der Waals surface area contributed by atoms with Crippen molar-refractivity contribution < 1.29 is 14.7 Å². The number of carboxylic acids is 1. The lowest BCUT2D eigenvalue weighted by Gasteiger charge is -2.26. The molecule has 1 aliphatic heterocycles. The molecule has 0 bridgehead atoms. The van der Waals surface area contributed by atoms with Crippen LogP contribution >= 0.6 is 0 Å². The van der Waals surface area contributed by atoms with Crippen molar-refractivity contribution >= 4 is 17.7 Å². The molecule has 0 aliphatic carbocycles. The van der Waals surface area contributed by atoms with Gasteiger partial charge in [-0.15, -0.1) is 0 Å². The van der Waals surface area contributed by atoms with Gasteiger partial charge in [0.2, 0.25) is 0 Å². The lowest BCUT2D eigenvalue weighted by molar-refractivity contribution is -0.141. The van der Waals surface area contributed by atoms with E-state index in [0.717, 1.165) is 16.8 Å². The van der Waals surface area contributed by atoms with E-state index in [1.54, 1.807) is 16.8 Å². The maximum absolute atomic E-state index is 12.4. The van der Waals surface area contributed by atoms with Crippen LogP contribution in [0.25, 0.3) is 0 Å². The third-order valence-corrected chi connectivity index (χ3v) is 3.81. The van der Waals surface area contributed by atoms with Gasteiger partial charge in [-0.25, -0.2) is 4.79 Å². The average molecular weight is 276 g/mol. The molecule has 2 amide bonds. The maximum atomic E-state index is 12.4. The predicted molar refractivity (Wildman–Crippen MR) is 77.0 cm³/mol. The topological polar surface area (TPSA) is 60.9 Å².